The Morgan fingerprint density at radius 1 is 1.10 bits per heavy atom. The monoisotopic (exact) mass is 565 g/mol. The molecule has 1 aliphatic heterocycles. The summed E-state index contributed by atoms with van der Waals surface area (Å²) in [6, 6.07) is 13.8. The minimum atomic E-state index is -2.74. The predicted molar refractivity (Wildman–Crippen MR) is 146 cm³/mol. The summed E-state index contributed by atoms with van der Waals surface area (Å²) in [7, 11) is 0. The van der Waals surface area contributed by atoms with E-state index >= 15 is 8.78 Å². The van der Waals surface area contributed by atoms with Crippen LogP contribution in [-0.4, -0.2) is 42.8 Å². The fraction of sp³-hybridized carbons (Fsp3) is 0.250. The maximum atomic E-state index is 15.5. The molecule has 3 N–H and O–H groups in total. The molecule has 0 spiro atoms. The Morgan fingerprint density at radius 3 is 2.67 bits per heavy atom. The third-order valence-corrected chi connectivity index (χ3v) is 6.99. The molecule has 4 aromatic rings. The number of anilines is 1. The molecule has 2 aromatic heterocycles. The lowest BCUT2D eigenvalue weighted by Crippen LogP contribution is -2.38. The molecular weight excluding hydrogens is 538 g/mol. The first-order valence-corrected chi connectivity index (χ1v) is 13.8. The van der Waals surface area contributed by atoms with Crippen LogP contribution in [0.2, 0.25) is 0 Å². The molecule has 1 saturated heterocycles. The normalized spacial score (nSPS) is 16.8. The van der Waals surface area contributed by atoms with Gasteiger partial charge in [-0.15, -0.1) is 0 Å². The quantitative estimate of drug-likeness (QED) is 0.253. The van der Waals surface area contributed by atoms with Crippen LogP contribution in [0.4, 0.5) is 14.7 Å². The van der Waals surface area contributed by atoms with E-state index in [4.69, 9.17) is 4.74 Å². The lowest BCUT2D eigenvalue weighted by Gasteiger charge is -2.24. The number of aryl methyl sites for hydroxylation is 1. The first-order chi connectivity index (χ1) is 19.4. The lowest BCUT2D eigenvalue weighted by molar-refractivity contribution is 0.398. The fourth-order valence-electron chi connectivity index (χ4n) is 4.65. The molecule has 208 valence electrons. The number of pyridine rings is 1. The van der Waals surface area contributed by atoms with E-state index < -0.39 is 28.9 Å². The second kappa shape index (κ2) is 12.6. The number of hydrogen-bond acceptors (Lipinski definition) is 8. The zero-order chi connectivity index (χ0) is 28.1. The Morgan fingerprint density at radius 2 is 1.93 bits per heavy atom. The summed E-state index contributed by atoms with van der Waals surface area (Å²) in [4.78, 5) is 13.2. The van der Waals surface area contributed by atoms with E-state index in [1.807, 2.05) is 0 Å². The van der Waals surface area contributed by atoms with E-state index in [2.05, 4.69) is 30.3 Å². The van der Waals surface area contributed by atoms with E-state index in [0.29, 0.717) is 22.8 Å². The number of nitrogens with one attached hydrogen (secondary N) is 3. The summed E-state index contributed by atoms with van der Waals surface area (Å²) < 4.78 is 62.1. The molecule has 1 fully saturated rings. The molecule has 0 radical (unpaired) electrons. The predicted octanol–water partition coefficient (Wildman–Crippen LogP) is 4.55. The molecule has 2 aromatic carbocycles. The number of benzene rings is 2. The van der Waals surface area contributed by atoms with Gasteiger partial charge >= 0.3 is 0 Å². The molecule has 12 heteroatoms. The third-order valence-electron chi connectivity index (χ3n) is 6.57. The van der Waals surface area contributed by atoms with Gasteiger partial charge in [0.2, 0.25) is 17.6 Å². The van der Waals surface area contributed by atoms with Crippen LogP contribution in [0.15, 0.2) is 67.0 Å². The van der Waals surface area contributed by atoms with E-state index in [-0.39, 0.29) is 28.8 Å². The van der Waals surface area contributed by atoms with Crippen LogP contribution < -0.4 is 20.1 Å². The smallest absolute Gasteiger partial charge is 0.228 e. The van der Waals surface area contributed by atoms with Gasteiger partial charge in [0.25, 0.3) is 0 Å². The average molecular weight is 566 g/mol. The Hall–Kier alpha value is -3.84. The van der Waals surface area contributed by atoms with Crippen LogP contribution in [0.3, 0.4) is 0 Å². The zero-order valence-electron chi connectivity index (χ0n) is 21.6. The van der Waals surface area contributed by atoms with Gasteiger partial charge in [-0.05, 0) is 61.7 Å². The van der Waals surface area contributed by atoms with Gasteiger partial charge in [-0.3, -0.25) is 4.21 Å². The maximum Gasteiger partial charge on any atom is 0.228 e. The van der Waals surface area contributed by atoms with Gasteiger partial charge in [-0.1, -0.05) is 30.3 Å². The molecule has 3 heterocycles. The summed E-state index contributed by atoms with van der Waals surface area (Å²) >= 11 is -2.74. The number of rotatable bonds is 9. The van der Waals surface area contributed by atoms with Crippen molar-refractivity contribution in [3.8, 4) is 22.9 Å². The van der Waals surface area contributed by atoms with Gasteiger partial charge in [0.05, 0.1) is 17.3 Å². The highest BCUT2D eigenvalue weighted by molar-refractivity contribution is 7.77. The highest BCUT2D eigenvalue weighted by atomic mass is 32.2. The van der Waals surface area contributed by atoms with Crippen molar-refractivity contribution in [2.75, 3.05) is 18.4 Å². The van der Waals surface area contributed by atoms with Gasteiger partial charge in [0.15, 0.2) is 11.6 Å². The van der Waals surface area contributed by atoms with E-state index in [1.54, 1.807) is 61.7 Å². The maximum absolute atomic E-state index is 15.5. The highest BCUT2D eigenvalue weighted by Gasteiger charge is 2.26. The molecule has 0 saturated carbocycles. The largest absolute Gasteiger partial charge is 0.760 e. The number of piperidine rings is 1. The summed E-state index contributed by atoms with van der Waals surface area (Å²) in [5.74, 6) is -2.40. The SMILES string of the molecule is Cc1cc([C@@H](NS(=O)[O-])c2ccccc2)c(F)c(F)c1Oc1ncccc1-c1ccnc(N[C@H]2CCCNC2)n1. The second-order valence-corrected chi connectivity index (χ2v) is 10.1. The molecular formula is C28H27F2N6O3S-. The molecule has 0 bridgehead atoms. The van der Waals surface area contributed by atoms with Gasteiger partial charge in [-0.2, -0.15) is 4.39 Å². The molecule has 40 heavy (non-hydrogen) atoms. The topological polar surface area (TPSA) is 124 Å². The number of nitrogens with zero attached hydrogens (tertiary/aromatic N) is 3. The van der Waals surface area contributed by atoms with Crippen molar-refractivity contribution in [3.05, 3.63) is 95.3 Å². The van der Waals surface area contributed by atoms with Crippen LogP contribution in [0.5, 0.6) is 11.6 Å². The first kappa shape index (κ1) is 27.7. The van der Waals surface area contributed by atoms with Crippen molar-refractivity contribution >= 4 is 17.2 Å². The third kappa shape index (κ3) is 6.31. The fourth-order valence-corrected chi connectivity index (χ4v) is 5.10. The Labute approximate surface area is 232 Å². The molecule has 3 atom stereocenters. The van der Waals surface area contributed by atoms with E-state index in [1.165, 1.54) is 12.3 Å². The van der Waals surface area contributed by atoms with Gasteiger partial charge < -0.3 is 19.9 Å². The van der Waals surface area contributed by atoms with Crippen LogP contribution >= 0.6 is 0 Å². The second-order valence-electron chi connectivity index (χ2n) is 9.35. The minimum absolute atomic E-state index is 0.0269. The Kier molecular flexibility index (Phi) is 8.70. The van der Waals surface area contributed by atoms with E-state index in [0.717, 1.165) is 25.9 Å². The number of hydrogen-bond donors (Lipinski definition) is 3. The minimum Gasteiger partial charge on any atom is -0.760 e. The van der Waals surface area contributed by atoms with Crippen molar-refractivity contribution in [2.45, 2.75) is 31.8 Å². The van der Waals surface area contributed by atoms with Gasteiger partial charge in [0.1, 0.15) is 0 Å². The van der Waals surface area contributed by atoms with Crippen LogP contribution in [0, 0.1) is 18.6 Å². The lowest BCUT2D eigenvalue weighted by atomic mass is 9.97. The van der Waals surface area contributed by atoms with Crippen molar-refractivity contribution in [1.29, 1.82) is 0 Å². The molecule has 1 unspecified atom stereocenters. The molecule has 0 amide bonds. The average Bonchev–Trinajstić information content (AvgIpc) is 2.97. The number of ether oxygens (including phenoxy) is 1. The van der Waals surface area contributed by atoms with Gasteiger partial charge in [-0.25, -0.2) is 24.1 Å². The molecule has 9 nitrogen and oxygen atoms in total. The Bertz CT molecular complexity index is 1510. The number of aromatic nitrogens is 3. The highest BCUT2D eigenvalue weighted by Crippen LogP contribution is 2.37. The first-order valence-electron chi connectivity index (χ1n) is 12.7. The standard InChI is InChI=1S/C28H28F2N6O3S/c1-17-15-21(25(36-40(37)38)18-7-3-2-4-8-18)23(29)24(30)26(17)39-27-20(10-6-13-32-27)22-11-14-33-28(35-22)34-19-9-5-12-31-16-19/h2-4,6-8,10-11,13-15,19,25,31,36H,5,9,12,16H2,1H3,(H,37,38)(H,33,34,35)/p-1/t19-,25-/m0/s1. The molecule has 1 aliphatic rings. The van der Waals surface area contributed by atoms with Gasteiger partial charge in [0, 0.05) is 41.8 Å². The summed E-state index contributed by atoms with van der Waals surface area (Å²) in [5, 5.41) is 6.66. The van der Waals surface area contributed by atoms with Crippen molar-refractivity contribution < 1.29 is 22.3 Å². The van der Waals surface area contributed by atoms with E-state index in [9.17, 15) is 8.76 Å². The van der Waals surface area contributed by atoms with Crippen LogP contribution in [0.25, 0.3) is 11.3 Å². The summed E-state index contributed by atoms with van der Waals surface area (Å²) in [6.45, 7) is 3.33. The zero-order valence-corrected chi connectivity index (χ0v) is 22.4. The van der Waals surface area contributed by atoms with Crippen molar-refractivity contribution in [2.24, 2.45) is 0 Å². The molecule has 0 aliphatic carbocycles. The van der Waals surface area contributed by atoms with Crippen molar-refractivity contribution in [3.63, 3.8) is 0 Å². The van der Waals surface area contributed by atoms with Crippen LogP contribution in [0.1, 0.15) is 35.6 Å². The summed E-state index contributed by atoms with van der Waals surface area (Å²) in [6.07, 6.45) is 5.13. The molecule has 5 rings (SSSR count). The van der Waals surface area contributed by atoms with Crippen molar-refractivity contribution in [1.82, 2.24) is 25.0 Å². The number of halogens is 2. The summed E-state index contributed by atoms with van der Waals surface area (Å²) in [5.41, 5.74) is 1.47. The van der Waals surface area contributed by atoms with Crippen LogP contribution in [-0.2, 0) is 11.3 Å². The Balaban J connectivity index is 1.46.